The van der Waals surface area contributed by atoms with Gasteiger partial charge in [0.25, 0.3) is 0 Å². The molecule has 0 spiro atoms. The number of hydrogen-bond donors (Lipinski definition) is 1. The van der Waals surface area contributed by atoms with E-state index in [0.29, 0.717) is 13.2 Å². The Morgan fingerprint density at radius 3 is 2.85 bits per heavy atom. The van der Waals surface area contributed by atoms with Gasteiger partial charge >= 0.3 is 0 Å². The van der Waals surface area contributed by atoms with E-state index in [1.165, 1.54) is 6.07 Å². The zero-order valence-electron chi connectivity index (χ0n) is 11.2. The third-order valence-corrected chi connectivity index (χ3v) is 3.22. The lowest BCUT2D eigenvalue weighted by Gasteiger charge is -2.08. The maximum atomic E-state index is 11.2. The number of nitrogens with zero attached hydrogens (tertiary/aromatic N) is 2. The number of ether oxygens (including phenoxy) is 1. The van der Waals surface area contributed by atoms with Gasteiger partial charge in [0.2, 0.25) is 5.56 Å². The average molecular weight is 269 g/mol. The third-order valence-electron chi connectivity index (χ3n) is 3.22. The number of H-pyrrole nitrogens is 1. The Morgan fingerprint density at radius 2 is 2.10 bits per heavy atom. The van der Waals surface area contributed by atoms with E-state index in [1.807, 2.05) is 24.3 Å². The van der Waals surface area contributed by atoms with Crippen LogP contribution in [-0.2, 0) is 11.3 Å². The summed E-state index contributed by atoms with van der Waals surface area (Å²) in [4.78, 5) is 18.5. The summed E-state index contributed by atoms with van der Waals surface area (Å²) in [5.41, 5.74) is 2.76. The van der Waals surface area contributed by atoms with Gasteiger partial charge in [0.15, 0.2) is 0 Å². The van der Waals surface area contributed by atoms with Gasteiger partial charge in [-0.3, -0.25) is 4.79 Å². The molecule has 1 aromatic carbocycles. The van der Waals surface area contributed by atoms with Gasteiger partial charge in [0.05, 0.1) is 17.6 Å². The van der Waals surface area contributed by atoms with Crippen LogP contribution < -0.4 is 5.56 Å². The van der Waals surface area contributed by atoms with Gasteiger partial charge in [-0.1, -0.05) is 12.1 Å². The summed E-state index contributed by atoms with van der Waals surface area (Å²) in [6.07, 6.45) is 1.69. The molecule has 0 saturated heterocycles. The number of hydrogen-bond acceptors (Lipinski definition) is 3. The number of nitrogens with one attached hydrogen (secondary N) is 1. The van der Waals surface area contributed by atoms with E-state index in [0.717, 1.165) is 22.4 Å². The van der Waals surface area contributed by atoms with E-state index >= 15 is 0 Å². The first-order valence-electron chi connectivity index (χ1n) is 6.43. The Balaban J connectivity index is 2.17. The van der Waals surface area contributed by atoms with Crippen molar-refractivity contribution in [1.29, 1.82) is 0 Å². The summed E-state index contributed by atoms with van der Waals surface area (Å²) < 4.78 is 7.27. The van der Waals surface area contributed by atoms with E-state index in [9.17, 15) is 4.79 Å². The first-order chi connectivity index (χ1) is 9.79. The standard InChI is InChI=1S/C15H15N3O2/c1-20-9-8-18-13-5-3-2-4-12(13)17-15(18)11-6-7-14(19)16-10-11/h2-7,10H,8-9H2,1H3,(H,16,19). The molecular weight excluding hydrogens is 254 g/mol. The molecule has 1 N–H and O–H groups in total. The molecule has 3 rings (SSSR count). The number of para-hydroxylation sites is 2. The zero-order valence-corrected chi connectivity index (χ0v) is 11.2. The average Bonchev–Trinajstić information content (AvgIpc) is 2.84. The van der Waals surface area contributed by atoms with Crippen LogP contribution in [0.15, 0.2) is 47.4 Å². The molecule has 0 aliphatic carbocycles. The quantitative estimate of drug-likeness (QED) is 0.788. The Labute approximate surface area is 115 Å². The molecule has 0 radical (unpaired) electrons. The Morgan fingerprint density at radius 1 is 1.25 bits per heavy atom. The summed E-state index contributed by atoms with van der Waals surface area (Å²) in [6, 6.07) is 11.3. The lowest BCUT2D eigenvalue weighted by atomic mass is 10.2. The molecule has 0 atom stereocenters. The Bertz CT molecular complexity index is 769. The van der Waals surface area contributed by atoms with Crippen LogP contribution in [0.2, 0.25) is 0 Å². The lowest BCUT2D eigenvalue weighted by molar-refractivity contribution is 0.188. The van der Waals surface area contributed by atoms with Crippen molar-refractivity contribution in [2.24, 2.45) is 0 Å². The summed E-state index contributed by atoms with van der Waals surface area (Å²) in [6.45, 7) is 1.32. The van der Waals surface area contributed by atoms with Gasteiger partial charge in [-0.15, -0.1) is 0 Å². The summed E-state index contributed by atoms with van der Waals surface area (Å²) in [7, 11) is 1.68. The van der Waals surface area contributed by atoms with Crippen molar-refractivity contribution in [2.45, 2.75) is 6.54 Å². The molecule has 0 aliphatic heterocycles. The second-order valence-electron chi connectivity index (χ2n) is 4.51. The highest BCUT2D eigenvalue weighted by atomic mass is 16.5. The first-order valence-corrected chi connectivity index (χ1v) is 6.43. The van der Waals surface area contributed by atoms with Crippen molar-refractivity contribution < 1.29 is 4.74 Å². The molecule has 3 aromatic rings. The molecule has 2 heterocycles. The van der Waals surface area contributed by atoms with Gasteiger partial charge in [-0.25, -0.2) is 4.98 Å². The molecular formula is C15H15N3O2. The molecule has 0 fully saturated rings. The number of fused-ring (bicyclic) bond motifs is 1. The molecule has 102 valence electrons. The predicted molar refractivity (Wildman–Crippen MR) is 77.7 cm³/mol. The molecule has 2 aromatic heterocycles. The number of benzene rings is 1. The number of pyridine rings is 1. The Kier molecular flexibility index (Phi) is 3.35. The van der Waals surface area contributed by atoms with Crippen LogP contribution in [0.4, 0.5) is 0 Å². The van der Waals surface area contributed by atoms with E-state index in [1.54, 1.807) is 19.4 Å². The van der Waals surface area contributed by atoms with Crippen LogP contribution in [0.25, 0.3) is 22.4 Å². The molecule has 20 heavy (non-hydrogen) atoms. The van der Waals surface area contributed by atoms with Crippen LogP contribution in [0.5, 0.6) is 0 Å². The van der Waals surface area contributed by atoms with E-state index in [-0.39, 0.29) is 5.56 Å². The number of aromatic amines is 1. The number of rotatable bonds is 4. The second-order valence-corrected chi connectivity index (χ2v) is 4.51. The van der Waals surface area contributed by atoms with Crippen molar-refractivity contribution >= 4 is 11.0 Å². The van der Waals surface area contributed by atoms with Gasteiger partial charge in [-0.2, -0.15) is 0 Å². The maximum Gasteiger partial charge on any atom is 0.247 e. The maximum absolute atomic E-state index is 11.2. The molecule has 0 aliphatic rings. The minimum Gasteiger partial charge on any atom is -0.383 e. The van der Waals surface area contributed by atoms with E-state index in [2.05, 4.69) is 14.5 Å². The highest BCUT2D eigenvalue weighted by Gasteiger charge is 2.11. The molecule has 0 saturated carbocycles. The van der Waals surface area contributed by atoms with Crippen LogP contribution >= 0.6 is 0 Å². The van der Waals surface area contributed by atoms with Gasteiger partial charge < -0.3 is 14.3 Å². The Hall–Kier alpha value is -2.40. The SMILES string of the molecule is COCCn1c(-c2ccc(=O)[nH]c2)nc2ccccc21. The molecule has 5 heteroatoms. The van der Waals surface area contributed by atoms with Crippen molar-refractivity contribution in [3.63, 3.8) is 0 Å². The molecule has 0 bridgehead atoms. The van der Waals surface area contributed by atoms with E-state index < -0.39 is 0 Å². The number of methoxy groups -OCH3 is 1. The summed E-state index contributed by atoms with van der Waals surface area (Å²) in [5, 5.41) is 0. The van der Waals surface area contributed by atoms with Gasteiger partial charge in [-0.05, 0) is 18.2 Å². The fourth-order valence-corrected chi connectivity index (χ4v) is 2.25. The molecule has 5 nitrogen and oxygen atoms in total. The van der Waals surface area contributed by atoms with Crippen molar-refractivity contribution in [2.75, 3.05) is 13.7 Å². The number of imidazole rings is 1. The highest BCUT2D eigenvalue weighted by Crippen LogP contribution is 2.23. The minimum atomic E-state index is -0.117. The minimum absolute atomic E-state index is 0.117. The third kappa shape index (κ3) is 2.23. The van der Waals surface area contributed by atoms with Gasteiger partial charge in [0, 0.05) is 31.5 Å². The van der Waals surface area contributed by atoms with Crippen molar-refractivity contribution in [1.82, 2.24) is 14.5 Å². The highest BCUT2D eigenvalue weighted by molar-refractivity contribution is 5.80. The molecule has 0 unspecified atom stereocenters. The van der Waals surface area contributed by atoms with E-state index in [4.69, 9.17) is 4.74 Å². The topological polar surface area (TPSA) is 59.9 Å². The predicted octanol–water partition coefficient (Wildman–Crippen LogP) is 2.04. The van der Waals surface area contributed by atoms with Gasteiger partial charge in [0.1, 0.15) is 5.82 Å². The number of aromatic nitrogens is 3. The first kappa shape index (κ1) is 12.6. The smallest absolute Gasteiger partial charge is 0.247 e. The van der Waals surface area contributed by atoms with Crippen molar-refractivity contribution in [3.05, 3.63) is 52.9 Å². The summed E-state index contributed by atoms with van der Waals surface area (Å²) >= 11 is 0. The summed E-state index contributed by atoms with van der Waals surface area (Å²) in [5.74, 6) is 0.833. The fraction of sp³-hybridized carbons (Fsp3) is 0.200. The zero-order chi connectivity index (χ0) is 13.9. The fourth-order valence-electron chi connectivity index (χ4n) is 2.25. The lowest BCUT2D eigenvalue weighted by Crippen LogP contribution is -2.07. The molecule has 0 amide bonds. The second kappa shape index (κ2) is 5.30. The monoisotopic (exact) mass is 269 g/mol. The van der Waals surface area contributed by atoms with Crippen LogP contribution in [-0.4, -0.2) is 28.3 Å². The van der Waals surface area contributed by atoms with Crippen LogP contribution in [0.3, 0.4) is 0 Å². The van der Waals surface area contributed by atoms with Crippen LogP contribution in [0.1, 0.15) is 0 Å². The normalized spacial score (nSPS) is 11.1. The van der Waals surface area contributed by atoms with Crippen molar-refractivity contribution in [3.8, 4) is 11.4 Å². The van der Waals surface area contributed by atoms with Crippen LogP contribution in [0, 0.1) is 0 Å². The largest absolute Gasteiger partial charge is 0.383 e.